The van der Waals surface area contributed by atoms with E-state index in [2.05, 4.69) is 30.9 Å². The SMILES string of the molecule is Cc1nc(Br)cc(Sc2ccc(Cl)cn2)n1. The monoisotopic (exact) mass is 315 g/mol. The lowest BCUT2D eigenvalue weighted by Crippen LogP contribution is -1.90. The van der Waals surface area contributed by atoms with Gasteiger partial charge in [0.05, 0.1) is 5.02 Å². The average molecular weight is 317 g/mol. The van der Waals surface area contributed by atoms with Crippen LogP contribution >= 0.6 is 39.3 Å². The van der Waals surface area contributed by atoms with E-state index in [1.807, 2.05) is 19.1 Å². The Hall–Kier alpha value is -0.650. The molecule has 0 N–H and O–H groups in total. The summed E-state index contributed by atoms with van der Waals surface area (Å²) in [5.41, 5.74) is 0. The first-order valence-corrected chi connectivity index (χ1v) is 6.43. The number of nitrogens with zero attached hydrogens (tertiary/aromatic N) is 3. The number of aromatic nitrogens is 3. The standard InChI is InChI=1S/C10H7BrClN3S/c1-6-14-8(11)4-10(15-6)16-9-3-2-7(12)5-13-9/h2-5H,1H3. The zero-order chi connectivity index (χ0) is 11.5. The van der Waals surface area contributed by atoms with Gasteiger partial charge in [0.15, 0.2) is 0 Å². The second-order valence-corrected chi connectivity index (χ2v) is 5.28. The van der Waals surface area contributed by atoms with Crippen LogP contribution in [0, 0.1) is 6.92 Å². The summed E-state index contributed by atoms with van der Waals surface area (Å²) in [5, 5.41) is 2.34. The van der Waals surface area contributed by atoms with E-state index in [9.17, 15) is 0 Å². The maximum atomic E-state index is 5.76. The third-order valence-electron chi connectivity index (χ3n) is 1.69. The van der Waals surface area contributed by atoms with Crippen molar-refractivity contribution in [3.63, 3.8) is 0 Å². The van der Waals surface area contributed by atoms with Gasteiger partial charge in [-0.1, -0.05) is 11.6 Å². The molecule has 82 valence electrons. The molecule has 0 unspecified atom stereocenters. The van der Waals surface area contributed by atoms with Crippen molar-refractivity contribution >= 4 is 39.3 Å². The van der Waals surface area contributed by atoms with Crippen molar-refractivity contribution in [1.29, 1.82) is 0 Å². The van der Waals surface area contributed by atoms with E-state index in [0.29, 0.717) is 5.02 Å². The minimum Gasteiger partial charge on any atom is -0.248 e. The van der Waals surface area contributed by atoms with Crippen LogP contribution in [0.3, 0.4) is 0 Å². The summed E-state index contributed by atoms with van der Waals surface area (Å²) in [6.07, 6.45) is 1.62. The minimum absolute atomic E-state index is 0.629. The molecule has 6 heteroatoms. The van der Waals surface area contributed by atoms with E-state index in [4.69, 9.17) is 11.6 Å². The molecule has 2 heterocycles. The highest BCUT2D eigenvalue weighted by atomic mass is 79.9. The average Bonchev–Trinajstić information content (AvgIpc) is 2.20. The highest BCUT2D eigenvalue weighted by Crippen LogP contribution is 2.26. The molecule has 16 heavy (non-hydrogen) atoms. The van der Waals surface area contributed by atoms with E-state index in [-0.39, 0.29) is 0 Å². The molecular formula is C10H7BrClN3S. The van der Waals surface area contributed by atoms with Crippen LogP contribution in [0.2, 0.25) is 5.02 Å². The lowest BCUT2D eigenvalue weighted by molar-refractivity contribution is 0.948. The van der Waals surface area contributed by atoms with Crippen molar-refractivity contribution in [2.24, 2.45) is 0 Å². The van der Waals surface area contributed by atoms with Crippen molar-refractivity contribution in [1.82, 2.24) is 15.0 Å². The molecule has 0 aliphatic carbocycles. The molecule has 2 rings (SSSR count). The van der Waals surface area contributed by atoms with Crippen LogP contribution in [0.25, 0.3) is 0 Å². The van der Waals surface area contributed by atoms with Gasteiger partial charge >= 0.3 is 0 Å². The molecule has 0 atom stereocenters. The van der Waals surface area contributed by atoms with E-state index < -0.39 is 0 Å². The first kappa shape index (κ1) is 11.8. The maximum Gasteiger partial charge on any atom is 0.127 e. The van der Waals surface area contributed by atoms with Gasteiger partial charge in [0.25, 0.3) is 0 Å². The van der Waals surface area contributed by atoms with E-state index >= 15 is 0 Å². The minimum atomic E-state index is 0.629. The Kier molecular flexibility index (Phi) is 3.78. The zero-order valence-electron chi connectivity index (χ0n) is 8.32. The molecule has 0 aliphatic heterocycles. The molecule has 0 fully saturated rings. The van der Waals surface area contributed by atoms with Gasteiger partial charge in [-0.2, -0.15) is 0 Å². The fourth-order valence-electron chi connectivity index (χ4n) is 1.09. The van der Waals surface area contributed by atoms with Crippen molar-refractivity contribution in [3.05, 3.63) is 39.8 Å². The first-order valence-electron chi connectivity index (χ1n) is 4.44. The van der Waals surface area contributed by atoms with Crippen LogP contribution in [-0.4, -0.2) is 15.0 Å². The quantitative estimate of drug-likeness (QED) is 0.791. The molecular weight excluding hydrogens is 310 g/mol. The molecule has 2 aromatic rings. The van der Waals surface area contributed by atoms with Gasteiger partial charge in [-0.3, -0.25) is 0 Å². The Bertz CT molecular complexity index is 484. The molecule has 0 saturated heterocycles. The summed E-state index contributed by atoms with van der Waals surface area (Å²) < 4.78 is 0.775. The summed E-state index contributed by atoms with van der Waals surface area (Å²) in [6, 6.07) is 5.52. The topological polar surface area (TPSA) is 38.7 Å². The lowest BCUT2D eigenvalue weighted by Gasteiger charge is -2.01. The highest BCUT2D eigenvalue weighted by Gasteiger charge is 2.03. The summed E-state index contributed by atoms with van der Waals surface area (Å²) in [6.45, 7) is 1.85. The normalized spacial score (nSPS) is 10.4. The van der Waals surface area contributed by atoms with Gasteiger partial charge in [-0.25, -0.2) is 15.0 Å². The first-order chi connectivity index (χ1) is 7.63. The second-order valence-electron chi connectivity index (χ2n) is 2.99. The van der Waals surface area contributed by atoms with Crippen LogP contribution in [0.15, 0.2) is 39.1 Å². The van der Waals surface area contributed by atoms with Crippen molar-refractivity contribution in [2.75, 3.05) is 0 Å². The van der Waals surface area contributed by atoms with Crippen molar-refractivity contribution in [3.8, 4) is 0 Å². The van der Waals surface area contributed by atoms with Gasteiger partial charge in [0.1, 0.15) is 20.5 Å². The largest absolute Gasteiger partial charge is 0.248 e. The van der Waals surface area contributed by atoms with E-state index in [1.165, 1.54) is 11.8 Å². The molecule has 0 saturated carbocycles. The Morgan fingerprint density at radius 1 is 1.25 bits per heavy atom. The van der Waals surface area contributed by atoms with Gasteiger partial charge in [0, 0.05) is 12.3 Å². The summed E-state index contributed by atoms with van der Waals surface area (Å²) in [7, 11) is 0. The highest BCUT2D eigenvalue weighted by molar-refractivity contribution is 9.10. The third-order valence-corrected chi connectivity index (χ3v) is 3.19. The third kappa shape index (κ3) is 3.17. The predicted octanol–water partition coefficient (Wildman–Crippen LogP) is 3.75. The van der Waals surface area contributed by atoms with Crippen LogP contribution in [0.5, 0.6) is 0 Å². The Labute approximate surface area is 111 Å². The number of aryl methyl sites for hydroxylation is 1. The van der Waals surface area contributed by atoms with E-state index in [1.54, 1.807) is 12.3 Å². The zero-order valence-corrected chi connectivity index (χ0v) is 11.5. The fraction of sp³-hybridized carbons (Fsp3) is 0.100. The van der Waals surface area contributed by atoms with Crippen LogP contribution in [-0.2, 0) is 0 Å². The molecule has 0 amide bonds. The Balaban J connectivity index is 2.23. The molecule has 0 spiro atoms. The Morgan fingerprint density at radius 2 is 2.06 bits per heavy atom. The number of hydrogen-bond donors (Lipinski definition) is 0. The van der Waals surface area contributed by atoms with Crippen molar-refractivity contribution < 1.29 is 0 Å². The summed E-state index contributed by atoms with van der Waals surface area (Å²) >= 11 is 10.6. The molecule has 0 radical (unpaired) electrons. The van der Waals surface area contributed by atoms with Gasteiger partial charge in [0.2, 0.25) is 0 Å². The number of hydrogen-bond acceptors (Lipinski definition) is 4. The molecule has 2 aromatic heterocycles. The second kappa shape index (κ2) is 5.12. The maximum absolute atomic E-state index is 5.76. The fourth-order valence-corrected chi connectivity index (χ4v) is 2.63. The van der Waals surface area contributed by atoms with Crippen LogP contribution in [0.4, 0.5) is 0 Å². The summed E-state index contributed by atoms with van der Waals surface area (Å²) in [4.78, 5) is 12.6. The molecule has 0 bridgehead atoms. The van der Waals surface area contributed by atoms with Gasteiger partial charge in [-0.15, -0.1) is 0 Å². The predicted molar refractivity (Wildman–Crippen MR) is 67.8 cm³/mol. The lowest BCUT2D eigenvalue weighted by atomic mass is 10.5. The van der Waals surface area contributed by atoms with Crippen LogP contribution in [0.1, 0.15) is 5.82 Å². The molecule has 0 aliphatic rings. The number of pyridine rings is 1. The van der Waals surface area contributed by atoms with E-state index in [0.717, 1.165) is 20.5 Å². The summed E-state index contributed by atoms with van der Waals surface area (Å²) in [5.74, 6) is 0.728. The molecule has 0 aromatic carbocycles. The van der Waals surface area contributed by atoms with Gasteiger partial charge in [-0.05, 0) is 46.7 Å². The van der Waals surface area contributed by atoms with Crippen molar-refractivity contribution in [2.45, 2.75) is 17.0 Å². The molecule has 3 nitrogen and oxygen atoms in total. The van der Waals surface area contributed by atoms with Gasteiger partial charge < -0.3 is 0 Å². The smallest absolute Gasteiger partial charge is 0.127 e. The van der Waals surface area contributed by atoms with Crippen LogP contribution < -0.4 is 0 Å². The Morgan fingerprint density at radius 3 is 2.69 bits per heavy atom. The number of halogens is 2. The number of rotatable bonds is 2.